The van der Waals surface area contributed by atoms with Gasteiger partial charge in [0.15, 0.2) is 0 Å². The Morgan fingerprint density at radius 2 is 2.14 bits per heavy atom. The largest absolute Gasteiger partial charge is 0.478 e. The maximum atomic E-state index is 11.5. The van der Waals surface area contributed by atoms with Crippen molar-refractivity contribution in [3.63, 3.8) is 0 Å². The molecule has 3 rings (SSSR count). The quantitative estimate of drug-likeness (QED) is 0.825. The number of carboxylic acid groups (broad SMARTS) is 1. The predicted octanol–water partition coefficient (Wildman–Crippen LogP) is 0.768. The van der Waals surface area contributed by atoms with E-state index in [1.54, 1.807) is 12.1 Å². The number of carbonyl (C=O) groups is 2. The average Bonchev–Trinajstić information content (AvgIpc) is 3.09. The molecule has 108 valence electrons. The molecule has 9 heteroatoms. The van der Waals surface area contributed by atoms with E-state index in [0.29, 0.717) is 23.9 Å². The van der Waals surface area contributed by atoms with E-state index in [-0.39, 0.29) is 16.8 Å². The average molecular weight is 306 g/mol. The highest BCUT2D eigenvalue weighted by molar-refractivity contribution is 8.00. The van der Waals surface area contributed by atoms with Crippen molar-refractivity contribution in [1.29, 1.82) is 0 Å². The summed E-state index contributed by atoms with van der Waals surface area (Å²) < 4.78 is 6.36. The van der Waals surface area contributed by atoms with Crippen molar-refractivity contribution >= 4 is 23.7 Å². The van der Waals surface area contributed by atoms with Crippen LogP contribution in [0.25, 0.3) is 5.69 Å². The Balaban J connectivity index is 1.84. The molecule has 1 aliphatic rings. The van der Waals surface area contributed by atoms with Gasteiger partial charge < -0.3 is 9.84 Å². The van der Waals surface area contributed by atoms with Gasteiger partial charge in [0, 0.05) is 6.42 Å². The summed E-state index contributed by atoms with van der Waals surface area (Å²) in [5, 5.41) is 20.4. The Bertz CT molecular complexity index is 685. The molecule has 0 unspecified atom stereocenters. The van der Waals surface area contributed by atoms with Crippen molar-refractivity contribution in [2.24, 2.45) is 0 Å². The van der Waals surface area contributed by atoms with Crippen LogP contribution in [0.2, 0.25) is 0 Å². The van der Waals surface area contributed by atoms with Gasteiger partial charge in [0.25, 0.3) is 0 Å². The van der Waals surface area contributed by atoms with Crippen molar-refractivity contribution in [3.05, 3.63) is 29.8 Å². The summed E-state index contributed by atoms with van der Waals surface area (Å²) in [6.07, 6.45) is 0.619. The molecule has 1 fully saturated rings. The number of benzene rings is 1. The fourth-order valence-corrected chi connectivity index (χ4v) is 2.83. The Morgan fingerprint density at radius 3 is 2.76 bits per heavy atom. The highest BCUT2D eigenvalue weighted by Gasteiger charge is 2.29. The van der Waals surface area contributed by atoms with Crippen LogP contribution in [0.4, 0.5) is 0 Å². The Hall–Kier alpha value is -2.42. The number of carboxylic acids is 1. The molecule has 0 spiro atoms. The molecule has 1 aromatic heterocycles. The second kappa shape index (κ2) is 5.52. The van der Waals surface area contributed by atoms with Crippen LogP contribution in [0.5, 0.6) is 0 Å². The number of rotatable bonds is 4. The minimum Gasteiger partial charge on any atom is -0.478 e. The van der Waals surface area contributed by atoms with Gasteiger partial charge in [-0.25, -0.2) is 4.79 Å². The van der Waals surface area contributed by atoms with E-state index in [1.807, 2.05) is 0 Å². The maximum absolute atomic E-state index is 11.5. The Kier molecular flexibility index (Phi) is 3.57. The Morgan fingerprint density at radius 1 is 1.38 bits per heavy atom. The monoisotopic (exact) mass is 306 g/mol. The number of cyclic esters (lactones) is 1. The van der Waals surface area contributed by atoms with Gasteiger partial charge in [-0.05, 0) is 34.7 Å². The molecular formula is C12H10N4O4S. The van der Waals surface area contributed by atoms with Crippen molar-refractivity contribution in [2.45, 2.75) is 16.8 Å². The molecule has 0 amide bonds. The van der Waals surface area contributed by atoms with Crippen LogP contribution in [-0.4, -0.2) is 49.1 Å². The first-order valence-electron chi connectivity index (χ1n) is 6.10. The lowest BCUT2D eigenvalue weighted by molar-refractivity contribution is -0.137. The molecule has 1 aliphatic heterocycles. The van der Waals surface area contributed by atoms with Gasteiger partial charge in [-0.1, -0.05) is 11.8 Å². The number of thioether (sulfide) groups is 1. The van der Waals surface area contributed by atoms with Crippen molar-refractivity contribution in [2.75, 3.05) is 6.61 Å². The van der Waals surface area contributed by atoms with Gasteiger partial charge in [-0.2, -0.15) is 4.68 Å². The van der Waals surface area contributed by atoms with E-state index in [9.17, 15) is 9.59 Å². The lowest BCUT2D eigenvalue weighted by Crippen LogP contribution is -2.11. The van der Waals surface area contributed by atoms with Gasteiger partial charge in [-0.3, -0.25) is 4.79 Å². The third kappa shape index (κ3) is 2.72. The predicted molar refractivity (Wildman–Crippen MR) is 71.3 cm³/mol. The molecule has 1 atom stereocenters. The van der Waals surface area contributed by atoms with Gasteiger partial charge in [-0.15, -0.1) is 5.10 Å². The molecule has 0 aliphatic carbocycles. The van der Waals surface area contributed by atoms with Crippen molar-refractivity contribution in [3.8, 4) is 5.69 Å². The van der Waals surface area contributed by atoms with Gasteiger partial charge in [0.05, 0.1) is 17.9 Å². The summed E-state index contributed by atoms with van der Waals surface area (Å²) in [5.74, 6) is -1.27. The highest BCUT2D eigenvalue weighted by atomic mass is 32.2. The van der Waals surface area contributed by atoms with E-state index >= 15 is 0 Å². The van der Waals surface area contributed by atoms with Crippen LogP contribution in [0.3, 0.4) is 0 Å². The normalized spacial score (nSPS) is 17.7. The van der Waals surface area contributed by atoms with E-state index < -0.39 is 5.97 Å². The summed E-state index contributed by atoms with van der Waals surface area (Å²) in [6.45, 7) is 0.408. The number of ether oxygens (including phenoxy) is 1. The maximum Gasteiger partial charge on any atom is 0.335 e. The molecule has 0 bridgehead atoms. The van der Waals surface area contributed by atoms with E-state index in [0.717, 1.165) is 0 Å². The molecule has 2 aromatic rings. The number of carbonyl (C=O) groups excluding carboxylic acids is 1. The van der Waals surface area contributed by atoms with Crippen LogP contribution in [0.15, 0.2) is 29.4 Å². The SMILES string of the molecule is O=C(O)c1ccc(-n2nnnc2S[C@H]2CCOC2=O)cc1. The molecule has 0 saturated carbocycles. The molecule has 1 N–H and O–H groups in total. The zero-order valence-corrected chi connectivity index (χ0v) is 11.5. The number of aromatic carboxylic acids is 1. The summed E-state index contributed by atoms with van der Waals surface area (Å²) in [5.41, 5.74) is 0.805. The Labute approximate surface area is 123 Å². The first-order valence-corrected chi connectivity index (χ1v) is 6.98. The van der Waals surface area contributed by atoms with Gasteiger partial charge in [0.2, 0.25) is 5.16 Å². The third-order valence-electron chi connectivity index (χ3n) is 2.93. The van der Waals surface area contributed by atoms with Gasteiger partial charge in [0.1, 0.15) is 5.25 Å². The summed E-state index contributed by atoms with van der Waals surface area (Å²) >= 11 is 1.23. The second-order valence-corrected chi connectivity index (χ2v) is 5.46. The topological polar surface area (TPSA) is 107 Å². The fourth-order valence-electron chi connectivity index (χ4n) is 1.87. The summed E-state index contributed by atoms with van der Waals surface area (Å²) in [7, 11) is 0. The molecule has 1 aromatic carbocycles. The van der Waals surface area contributed by atoms with E-state index in [1.165, 1.54) is 28.6 Å². The zero-order chi connectivity index (χ0) is 14.8. The van der Waals surface area contributed by atoms with Crippen molar-refractivity contribution in [1.82, 2.24) is 20.2 Å². The number of aromatic nitrogens is 4. The van der Waals surface area contributed by atoms with E-state index in [4.69, 9.17) is 9.84 Å². The number of nitrogens with zero attached hydrogens (tertiary/aromatic N) is 4. The van der Waals surface area contributed by atoms with Crippen LogP contribution in [0.1, 0.15) is 16.8 Å². The standard InChI is InChI=1S/C12H10N4O4S/c17-10(18)7-1-3-8(4-2-7)16-12(13-14-15-16)21-9-5-6-20-11(9)19/h1-4,9H,5-6H2,(H,17,18)/t9-/m0/s1. The van der Waals surface area contributed by atoms with Crippen LogP contribution in [-0.2, 0) is 9.53 Å². The third-order valence-corrected chi connectivity index (χ3v) is 4.11. The second-order valence-electron chi connectivity index (χ2n) is 4.29. The molecule has 8 nitrogen and oxygen atoms in total. The number of tetrazole rings is 1. The van der Waals surface area contributed by atoms with Crippen molar-refractivity contribution < 1.29 is 19.4 Å². The molecule has 21 heavy (non-hydrogen) atoms. The summed E-state index contributed by atoms with van der Waals surface area (Å²) in [4.78, 5) is 22.3. The molecule has 1 saturated heterocycles. The molecule has 2 heterocycles. The molecular weight excluding hydrogens is 296 g/mol. The first kappa shape index (κ1) is 13.6. The zero-order valence-electron chi connectivity index (χ0n) is 10.7. The van der Waals surface area contributed by atoms with Gasteiger partial charge >= 0.3 is 11.9 Å². The highest BCUT2D eigenvalue weighted by Crippen LogP contribution is 2.28. The molecule has 0 radical (unpaired) electrons. The smallest absolute Gasteiger partial charge is 0.335 e. The lowest BCUT2D eigenvalue weighted by atomic mass is 10.2. The number of hydrogen-bond acceptors (Lipinski definition) is 7. The minimum absolute atomic E-state index is 0.181. The lowest BCUT2D eigenvalue weighted by Gasteiger charge is -2.06. The fraction of sp³-hybridized carbons (Fsp3) is 0.250. The summed E-state index contributed by atoms with van der Waals surface area (Å²) in [6, 6.07) is 6.16. The van der Waals surface area contributed by atoms with Crippen LogP contribution < -0.4 is 0 Å². The number of esters is 1. The van der Waals surface area contributed by atoms with E-state index in [2.05, 4.69) is 15.5 Å². The van der Waals surface area contributed by atoms with Crippen LogP contribution in [0, 0.1) is 0 Å². The first-order chi connectivity index (χ1) is 10.1. The van der Waals surface area contributed by atoms with Crippen LogP contribution >= 0.6 is 11.8 Å². The number of hydrogen-bond donors (Lipinski definition) is 1. The minimum atomic E-state index is -0.999.